The lowest BCUT2D eigenvalue weighted by atomic mass is 10.1. The maximum Gasteiger partial charge on any atom is 0.306 e. The zero-order valence-corrected chi connectivity index (χ0v) is 17.7. The second-order valence-corrected chi connectivity index (χ2v) is 7.61. The Labute approximate surface area is 175 Å². The molecule has 6 nitrogen and oxygen atoms in total. The second-order valence-electron chi connectivity index (χ2n) is 7.61. The van der Waals surface area contributed by atoms with Crippen molar-refractivity contribution in [3.8, 4) is 0 Å². The van der Waals surface area contributed by atoms with E-state index in [1.165, 1.54) is 0 Å². The van der Waals surface area contributed by atoms with Crippen LogP contribution in [0.15, 0.2) is 42.5 Å². The molecule has 0 radical (unpaired) electrons. The van der Waals surface area contributed by atoms with Gasteiger partial charge in [0.05, 0.1) is 12.1 Å². The number of ether oxygens (including phenoxy) is 1. The van der Waals surface area contributed by atoms with Gasteiger partial charge in [-0.15, -0.1) is 0 Å². The van der Waals surface area contributed by atoms with E-state index in [0.717, 1.165) is 57.7 Å². The Hall–Kier alpha value is -3.28. The highest BCUT2D eigenvalue weighted by atomic mass is 16.5. The summed E-state index contributed by atoms with van der Waals surface area (Å²) in [6, 6.07) is 14.0. The van der Waals surface area contributed by atoms with Gasteiger partial charge in [0.15, 0.2) is 5.65 Å². The highest BCUT2D eigenvalue weighted by Gasteiger charge is 2.15. The topological polar surface area (TPSA) is 69.4 Å². The number of benzene rings is 1. The summed E-state index contributed by atoms with van der Waals surface area (Å²) < 4.78 is 7.30. The van der Waals surface area contributed by atoms with Crippen LogP contribution in [0.25, 0.3) is 16.6 Å². The van der Waals surface area contributed by atoms with Gasteiger partial charge in [-0.25, -0.2) is 9.50 Å². The maximum absolute atomic E-state index is 12.2. The Bertz CT molecular complexity index is 1210. The van der Waals surface area contributed by atoms with Crippen LogP contribution < -0.4 is 0 Å². The van der Waals surface area contributed by atoms with Crippen molar-refractivity contribution in [2.45, 2.75) is 46.5 Å². The fourth-order valence-electron chi connectivity index (χ4n) is 3.82. The molecule has 4 rings (SSSR count). The number of fused-ring (bicyclic) bond motifs is 3. The van der Waals surface area contributed by atoms with Crippen molar-refractivity contribution in [3.63, 3.8) is 0 Å². The van der Waals surface area contributed by atoms with Crippen molar-refractivity contribution in [3.05, 3.63) is 70.8 Å². The largest absolute Gasteiger partial charge is 0.466 e. The number of carbonyl (C=O) groups excluding carboxylic acids is 1. The fraction of sp³-hybridized carbons (Fsp3) is 0.333. The van der Waals surface area contributed by atoms with Crippen LogP contribution in [0, 0.1) is 20.8 Å². The SMILES string of the molecule is Cc1cccc(CCCOC(=O)CCc2c(C)nc3c4ccccc4nn3c2C)n1. The molecule has 0 unspecified atom stereocenters. The van der Waals surface area contributed by atoms with Crippen LogP contribution in [-0.4, -0.2) is 32.2 Å². The normalized spacial score (nSPS) is 11.3. The van der Waals surface area contributed by atoms with E-state index in [1.54, 1.807) is 0 Å². The van der Waals surface area contributed by atoms with Gasteiger partial charge in [0.25, 0.3) is 0 Å². The van der Waals surface area contributed by atoms with Crippen LogP contribution in [0.1, 0.15) is 41.2 Å². The molecule has 6 heteroatoms. The molecule has 0 spiro atoms. The Morgan fingerprint density at radius 3 is 2.67 bits per heavy atom. The van der Waals surface area contributed by atoms with Gasteiger partial charge in [-0.2, -0.15) is 5.10 Å². The molecule has 0 fully saturated rings. The fourth-order valence-corrected chi connectivity index (χ4v) is 3.82. The minimum Gasteiger partial charge on any atom is -0.466 e. The minimum atomic E-state index is -0.184. The molecule has 0 N–H and O–H groups in total. The van der Waals surface area contributed by atoms with Crippen LogP contribution in [-0.2, 0) is 22.4 Å². The number of carbonyl (C=O) groups is 1. The number of hydrogen-bond acceptors (Lipinski definition) is 5. The second kappa shape index (κ2) is 8.61. The Morgan fingerprint density at radius 1 is 1.00 bits per heavy atom. The predicted octanol–water partition coefficient (Wildman–Crippen LogP) is 4.31. The molecule has 0 amide bonds. The third kappa shape index (κ3) is 4.17. The average Bonchev–Trinajstić information content (AvgIpc) is 3.10. The first kappa shape index (κ1) is 20.0. The lowest BCUT2D eigenvalue weighted by molar-refractivity contribution is -0.143. The molecule has 154 valence electrons. The number of pyridine rings is 1. The van der Waals surface area contributed by atoms with Crippen LogP contribution in [0.2, 0.25) is 0 Å². The number of aromatic nitrogens is 4. The van der Waals surface area contributed by atoms with Gasteiger partial charge in [0, 0.05) is 34.6 Å². The van der Waals surface area contributed by atoms with E-state index in [-0.39, 0.29) is 5.97 Å². The Kier molecular flexibility index (Phi) is 5.74. The number of esters is 1. The quantitative estimate of drug-likeness (QED) is 0.340. The molecule has 30 heavy (non-hydrogen) atoms. The van der Waals surface area contributed by atoms with Gasteiger partial charge in [-0.1, -0.05) is 18.2 Å². The molecule has 0 aliphatic carbocycles. The van der Waals surface area contributed by atoms with Gasteiger partial charge in [0.2, 0.25) is 0 Å². The van der Waals surface area contributed by atoms with Crippen LogP contribution in [0.4, 0.5) is 0 Å². The summed E-state index contributed by atoms with van der Waals surface area (Å²) in [4.78, 5) is 21.5. The van der Waals surface area contributed by atoms with E-state index < -0.39 is 0 Å². The molecule has 1 aromatic carbocycles. The zero-order chi connectivity index (χ0) is 21.1. The smallest absolute Gasteiger partial charge is 0.306 e. The predicted molar refractivity (Wildman–Crippen MR) is 117 cm³/mol. The minimum absolute atomic E-state index is 0.184. The number of aryl methyl sites for hydroxylation is 4. The van der Waals surface area contributed by atoms with E-state index in [1.807, 2.05) is 67.8 Å². The molecule has 0 saturated carbocycles. The van der Waals surface area contributed by atoms with Crippen molar-refractivity contribution in [1.29, 1.82) is 0 Å². The van der Waals surface area contributed by atoms with Gasteiger partial charge in [0.1, 0.15) is 0 Å². The third-order valence-electron chi connectivity index (χ3n) is 5.38. The summed E-state index contributed by atoms with van der Waals surface area (Å²) in [6.07, 6.45) is 2.50. The molecule has 0 aliphatic rings. The molecule has 0 atom stereocenters. The summed E-state index contributed by atoms with van der Waals surface area (Å²) in [5, 5.41) is 5.71. The molecular formula is C24H26N4O2. The Morgan fingerprint density at radius 2 is 1.83 bits per heavy atom. The van der Waals surface area contributed by atoms with Crippen molar-refractivity contribution in [2.75, 3.05) is 6.61 Å². The summed E-state index contributed by atoms with van der Waals surface area (Å²) in [5.74, 6) is -0.184. The highest BCUT2D eigenvalue weighted by Crippen LogP contribution is 2.23. The van der Waals surface area contributed by atoms with E-state index in [0.29, 0.717) is 19.4 Å². The van der Waals surface area contributed by atoms with Crippen molar-refractivity contribution < 1.29 is 9.53 Å². The van der Waals surface area contributed by atoms with Crippen LogP contribution >= 0.6 is 0 Å². The molecular weight excluding hydrogens is 376 g/mol. The molecule has 3 heterocycles. The highest BCUT2D eigenvalue weighted by molar-refractivity contribution is 5.92. The van der Waals surface area contributed by atoms with Crippen molar-refractivity contribution in [2.24, 2.45) is 0 Å². The summed E-state index contributed by atoms with van der Waals surface area (Å²) in [6.45, 7) is 6.41. The first-order valence-electron chi connectivity index (χ1n) is 10.3. The monoisotopic (exact) mass is 402 g/mol. The van der Waals surface area contributed by atoms with E-state index in [4.69, 9.17) is 9.72 Å². The number of nitrogens with zero attached hydrogens (tertiary/aromatic N) is 4. The maximum atomic E-state index is 12.2. The molecule has 0 saturated heterocycles. The van der Waals surface area contributed by atoms with Crippen LogP contribution in [0.3, 0.4) is 0 Å². The number of hydrogen-bond donors (Lipinski definition) is 0. The zero-order valence-electron chi connectivity index (χ0n) is 17.7. The first-order chi connectivity index (χ1) is 14.5. The van der Waals surface area contributed by atoms with Gasteiger partial charge in [-0.3, -0.25) is 9.78 Å². The summed E-state index contributed by atoms with van der Waals surface area (Å²) in [5.41, 5.74) is 6.82. The molecule has 0 bridgehead atoms. The average molecular weight is 402 g/mol. The van der Waals surface area contributed by atoms with Crippen molar-refractivity contribution >= 4 is 22.5 Å². The molecule has 3 aromatic heterocycles. The molecule has 4 aromatic rings. The van der Waals surface area contributed by atoms with Gasteiger partial charge in [-0.05, 0) is 69.9 Å². The van der Waals surface area contributed by atoms with E-state index in [2.05, 4.69) is 10.1 Å². The summed E-state index contributed by atoms with van der Waals surface area (Å²) in [7, 11) is 0. The Balaban J connectivity index is 1.36. The molecule has 0 aliphatic heterocycles. The van der Waals surface area contributed by atoms with Gasteiger partial charge >= 0.3 is 5.97 Å². The van der Waals surface area contributed by atoms with E-state index >= 15 is 0 Å². The lowest BCUT2D eigenvalue weighted by Gasteiger charge is -2.11. The first-order valence-corrected chi connectivity index (χ1v) is 10.3. The van der Waals surface area contributed by atoms with Crippen LogP contribution in [0.5, 0.6) is 0 Å². The van der Waals surface area contributed by atoms with Crippen molar-refractivity contribution in [1.82, 2.24) is 19.6 Å². The van der Waals surface area contributed by atoms with E-state index in [9.17, 15) is 4.79 Å². The standard InChI is InChI=1S/C24H26N4O2/c1-16-8-6-9-19(25-16)10-7-15-30-23(29)14-13-20-17(2)26-24-21-11-4-5-12-22(21)27-28(24)18(20)3/h4-6,8-9,11-12H,7,10,13-15H2,1-3H3. The van der Waals surface area contributed by atoms with Gasteiger partial charge < -0.3 is 4.74 Å². The third-order valence-corrected chi connectivity index (χ3v) is 5.38. The summed E-state index contributed by atoms with van der Waals surface area (Å²) >= 11 is 0. The number of rotatable bonds is 7. The lowest BCUT2D eigenvalue weighted by Crippen LogP contribution is -2.11.